The number of aromatic nitrogens is 6. The number of aryl methyl sites for hydroxylation is 6. The average Bonchev–Trinajstić information content (AvgIpc) is 2.90. The Balaban J connectivity index is 0.000000151. The summed E-state index contributed by atoms with van der Waals surface area (Å²) in [6, 6.07) is 72.6. The van der Waals surface area contributed by atoms with E-state index in [2.05, 4.69) is 0 Å². The van der Waals surface area contributed by atoms with Gasteiger partial charge in [0.05, 0.1) is 5.48 Å². The highest BCUT2D eigenvalue weighted by atomic mass is 16.1. The van der Waals surface area contributed by atoms with Crippen molar-refractivity contribution in [3.63, 3.8) is 0 Å². The van der Waals surface area contributed by atoms with E-state index in [4.69, 9.17) is 5.48 Å². The molecule has 6 aromatic heterocycles. The highest BCUT2D eigenvalue weighted by Crippen LogP contribution is 2.10. The van der Waals surface area contributed by atoms with Crippen molar-refractivity contribution < 1.29 is 5.48 Å². The number of benzene rings is 6. The molecule has 84 heavy (non-hydrogen) atoms. The van der Waals surface area contributed by atoms with E-state index in [1.54, 1.807) is 81.4 Å². The summed E-state index contributed by atoms with van der Waals surface area (Å²) in [6.07, 6.45) is 7.66. The van der Waals surface area contributed by atoms with E-state index in [-0.39, 0.29) is 52.2 Å². The molecule has 0 aliphatic carbocycles. The predicted octanol–water partition coefficient (Wildman–Crippen LogP) is 12.9. The van der Waals surface area contributed by atoms with Crippen molar-refractivity contribution in [2.24, 2.45) is 0 Å². The standard InChI is InChI=1S/6C12H11NO/c6*1-10-7-8-12(14)13(9-10)11-5-3-2-4-6-11/h6*2-9H,1H3/i8D,9D;9D;8D;;;. The SMILES string of the molecule is Cc1ccc(=O)n(-c2ccccc2)c1.Cc1ccc(=O)n(-c2ccccc2)c1.Cc1ccc(=O)n(-c2ccccc2)c1.[2H]c1c(C)ccc(=O)n1-c1ccccc1.[2H]c1cc(C)c([2H])n(-c2ccccc2)c1=O.[2H]c1cc(C)cn(-c2ccccc2)c1=O. The summed E-state index contributed by atoms with van der Waals surface area (Å²) in [4.78, 5) is 69.7. The lowest BCUT2D eigenvalue weighted by molar-refractivity contribution is 0.976. The molecule has 12 aromatic rings. The first-order valence-electron chi connectivity index (χ1n) is 28.8. The molecular formula is C72H66N6O6. The number of hydrogen-bond acceptors (Lipinski definition) is 6. The molecule has 0 N–H and O–H groups in total. The smallest absolute Gasteiger partial charge is 0.255 e. The van der Waals surface area contributed by atoms with Crippen LogP contribution in [0.25, 0.3) is 34.1 Å². The van der Waals surface area contributed by atoms with Crippen LogP contribution in [0, 0.1) is 41.5 Å². The minimum atomic E-state index is -0.457. The number of hydrogen-bond donors (Lipinski definition) is 0. The minimum Gasteiger partial charge on any atom is -0.284 e. The van der Waals surface area contributed by atoms with Gasteiger partial charge in [-0.15, -0.1) is 0 Å². The maximum atomic E-state index is 11.8. The number of rotatable bonds is 6. The zero-order chi connectivity index (χ0) is 63.3. The molecule has 6 aromatic carbocycles. The molecule has 420 valence electrons. The Hall–Kier alpha value is -11.0. The molecule has 0 aliphatic rings. The molecule has 0 bridgehead atoms. The molecule has 0 atom stereocenters. The van der Waals surface area contributed by atoms with E-state index in [1.165, 1.54) is 25.8 Å². The van der Waals surface area contributed by atoms with Gasteiger partial charge in [0.1, 0.15) is 0 Å². The summed E-state index contributed by atoms with van der Waals surface area (Å²) in [7, 11) is 0. The predicted molar refractivity (Wildman–Crippen MR) is 341 cm³/mol. The quantitative estimate of drug-likeness (QED) is 0.163. The number of nitrogens with zero attached hydrogens (tertiary/aromatic N) is 6. The maximum Gasteiger partial charge on any atom is 0.255 e. The van der Waals surface area contributed by atoms with Crippen LogP contribution >= 0.6 is 0 Å². The van der Waals surface area contributed by atoms with Crippen molar-refractivity contribution in [3.05, 3.63) is 387 Å². The molecule has 0 spiro atoms. The molecule has 0 radical (unpaired) electrons. The van der Waals surface area contributed by atoms with Gasteiger partial charge in [-0.25, -0.2) is 0 Å². The van der Waals surface area contributed by atoms with E-state index in [0.29, 0.717) is 11.3 Å². The molecular weight excluding hydrogens is 1040 g/mol. The molecule has 12 heteroatoms. The zero-order valence-electron chi connectivity index (χ0n) is 51.5. The van der Waals surface area contributed by atoms with Crippen molar-refractivity contribution >= 4 is 0 Å². The summed E-state index contributed by atoms with van der Waals surface area (Å²) in [5.74, 6) is 0. The molecule has 0 aliphatic heterocycles. The summed E-state index contributed by atoms with van der Waals surface area (Å²) in [6.45, 7) is 11.3. The van der Waals surface area contributed by atoms with Crippen LogP contribution in [0.4, 0.5) is 0 Å². The molecule has 0 saturated carbocycles. The maximum absolute atomic E-state index is 11.8. The molecule has 0 amide bonds. The lowest BCUT2D eigenvalue weighted by Gasteiger charge is -2.05. The normalized spacial score (nSPS) is 10.7. The fourth-order valence-corrected chi connectivity index (χ4v) is 8.04. The second kappa shape index (κ2) is 30.6. The summed E-state index contributed by atoms with van der Waals surface area (Å²) in [5.41, 5.74) is 9.50. The van der Waals surface area contributed by atoms with E-state index < -0.39 is 5.56 Å². The Morgan fingerprint density at radius 2 is 0.405 bits per heavy atom. The number of pyridine rings is 6. The molecule has 12 rings (SSSR count). The lowest BCUT2D eigenvalue weighted by Crippen LogP contribution is -2.16. The van der Waals surface area contributed by atoms with Crippen LogP contribution < -0.4 is 33.4 Å². The Labute approximate surface area is 493 Å². The van der Waals surface area contributed by atoms with Gasteiger partial charge in [-0.1, -0.05) is 146 Å². The monoisotopic (exact) mass is 1110 g/mol. The summed E-state index contributed by atoms with van der Waals surface area (Å²) < 4.78 is 39.8. The second-order valence-electron chi connectivity index (χ2n) is 19.1. The van der Waals surface area contributed by atoms with Crippen LogP contribution in [-0.2, 0) is 0 Å². The fraction of sp³-hybridized carbons (Fsp3) is 0.0833. The summed E-state index contributed by atoms with van der Waals surface area (Å²) >= 11 is 0. The van der Waals surface area contributed by atoms with Crippen LogP contribution in [0.1, 0.15) is 38.9 Å². The third kappa shape index (κ3) is 18.0. The van der Waals surface area contributed by atoms with Gasteiger partial charge in [-0.05, 0) is 148 Å². The Bertz CT molecular complexity index is 4410. The van der Waals surface area contributed by atoms with Gasteiger partial charge in [-0.3, -0.25) is 56.2 Å². The molecule has 6 heterocycles. The van der Waals surface area contributed by atoms with Crippen LogP contribution in [0.3, 0.4) is 0 Å². The Morgan fingerprint density at radius 3 is 0.702 bits per heavy atom. The van der Waals surface area contributed by atoms with Gasteiger partial charge < -0.3 is 0 Å². The molecule has 0 fully saturated rings. The van der Waals surface area contributed by atoms with Gasteiger partial charge >= 0.3 is 0 Å². The first kappa shape index (κ1) is 55.0. The lowest BCUT2D eigenvalue weighted by atomic mass is 10.3. The topological polar surface area (TPSA) is 132 Å². The van der Waals surface area contributed by atoms with E-state index >= 15 is 0 Å². The van der Waals surface area contributed by atoms with Gasteiger partial charge in [-0.2, -0.15) is 0 Å². The molecule has 0 saturated heterocycles. The first-order valence-corrected chi connectivity index (χ1v) is 26.8. The van der Waals surface area contributed by atoms with Crippen LogP contribution in [0.5, 0.6) is 0 Å². The van der Waals surface area contributed by atoms with Gasteiger partial charge in [0.15, 0.2) is 0 Å². The third-order valence-corrected chi connectivity index (χ3v) is 12.2. The van der Waals surface area contributed by atoms with Crippen LogP contribution in [0.2, 0.25) is 0 Å². The highest BCUT2D eigenvalue weighted by Gasteiger charge is 2.03. The van der Waals surface area contributed by atoms with Gasteiger partial charge in [0.2, 0.25) is 0 Å². The second-order valence-corrected chi connectivity index (χ2v) is 19.1. The number of para-hydroxylation sites is 6. The molecule has 12 nitrogen and oxygen atoms in total. The largest absolute Gasteiger partial charge is 0.284 e. The van der Waals surface area contributed by atoms with Crippen molar-refractivity contribution in [3.8, 4) is 34.1 Å². The van der Waals surface area contributed by atoms with Crippen molar-refractivity contribution in [1.82, 2.24) is 27.4 Å². The van der Waals surface area contributed by atoms with Crippen LogP contribution in [-0.4, -0.2) is 27.4 Å². The van der Waals surface area contributed by atoms with E-state index in [0.717, 1.165) is 56.3 Å². The fourth-order valence-electron chi connectivity index (χ4n) is 8.04. The van der Waals surface area contributed by atoms with E-state index in [9.17, 15) is 28.8 Å². The van der Waals surface area contributed by atoms with Crippen molar-refractivity contribution in [2.45, 2.75) is 41.5 Å². The zero-order valence-corrected chi connectivity index (χ0v) is 47.5. The van der Waals surface area contributed by atoms with Crippen molar-refractivity contribution in [2.75, 3.05) is 0 Å². The Kier molecular flexibility index (Phi) is 20.0. The average molecular weight is 1120 g/mol. The van der Waals surface area contributed by atoms with Crippen molar-refractivity contribution in [1.29, 1.82) is 0 Å². The van der Waals surface area contributed by atoms with E-state index in [1.807, 2.05) is 229 Å². The van der Waals surface area contributed by atoms with Gasteiger partial charge in [0.25, 0.3) is 33.4 Å². The highest BCUT2D eigenvalue weighted by molar-refractivity contribution is 5.37. The third-order valence-electron chi connectivity index (χ3n) is 12.2. The minimum absolute atomic E-state index is 0.00167. The van der Waals surface area contributed by atoms with Crippen LogP contribution in [0.15, 0.2) is 321 Å². The molecule has 0 unspecified atom stereocenters. The Morgan fingerprint density at radius 1 is 0.214 bits per heavy atom. The van der Waals surface area contributed by atoms with Gasteiger partial charge in [0, 0.05) is 108 Å². The summed E-state index contributed by atoms with van der Waals surface area (Å²) in [5, 5.41) is 0. The first-order chi connectivity index (χ1) is 42.3.